The first-order chi connectivity index (χ1) is 9.69. The summed E-state index contributed by atoms with van der Waals surface area (Å²) in [7, 11) is 3.85. The fourth-order valence-electron chi connectivity index (χ4n) is 2.40. The molecule has 7 heteroatoms. The number of hydrogen-bond acceptors (Lipinski definition) is 4. The number of halogens is 1. The highest BCUT2D eigenvalue weighted by molar-refractivity contribution is 14.0. The van der Waals surface area contributed by atoms with Gasteiger partial charge in [0.25, 0.3) is 0 Å². The van der Waals surface area contributed by atoms with Crippen LogP contribution in [0.1, 0.15) is 30.0 Å². The molecule has 0 spiro atoms. The lowest BCUT2D eigenvalue weighted by Crippen LogP contribution is -2.39. The Bertz CT molecular complexity index is 446. The first-order valence-corrected chi connectivity index (χ1v) is 8.01. The van der Waals surface area contributed by atoms with Crippen molar-refractivity contribution in [1.29, 1.82) is 0 Å². The monoisotopic (exact) mass is 424 g/mol. The van der Waals surface area contributed by atoms with Gasteiger partial charge in [-0.2, -0.15) is 0 Å². The Morgan fingerprint density at radius 1 is 1.62 bits per heavy atom. The molecule has 1 aromatic heterocycles. The van der Waals surface area contributed by atoms with Gasteiger partial charge in [-0.1, -0.05) is 0 Å². The topological polar surface area (TPSA) is 49.8 Å². The molecule has 0 saturated carbocycles. The SMILES string of the molecule is CN=C(NCCC1CCCO1)N(C)Cc1csc(C)n1.I. The van der Waals surface area contributed by atoms with Crippen molar-refractivity contribution in [2.24, 2.45) is 4.99 Å². The molecule has 1 atom stereocenters. The van der Waals surface area contributed by atoms with Gasteiger partial charge in [-0.15, -0.1) is 35.3 Å². The summed E-state index contributed by atoms with van der Waals surface area (Å²) in [4.78, 5) is 10.9. The third-order valence-electron chi connectivity index (χ3n) is 3.41. The molecule has 0 radical (unpaired) electrons. The fourth-order valence-corrected chi connectivity index (χ4v) is 3.00. The molecule has 1 aliphatic heterocycles. The van der Waals surface area contributed by atoms with Crippen LogP contribution < -0.4 is 5.32 Å². The van der Waals surface area contributed by atoms with Crippen LogP contribution in [0.5, 0.6) is 0 Å². The van der Waals surface area contributed by atoms with Gasteiger partial charge in [-0.25, -0.2) is 4.98 Å². The number of thiazole rings is 1. The summed E-state index contributed by atoms with van der Waals surface area (Å²) in [6.07, 6.45) is 3.85. The molecule has 2 heterocycles. The van der Waals surface area contributed by atoms with Gasteiger partial charge >= 0.3 is 0 Å². The van der Waals surface area contributed by atoms with Gasteiger partial charge in [0.2, 0.25) is 0 Å². The van der Waals surface area contributed by atoms with Gasteiger partial charge in [0.15, 0.2) is 5.96 Å². The third kappa shape index (κ3) is 6.07. The third-order valence-corrected chi connectivity index (χ3v) is 4.23. The first-order valence-electron chi connectivity index (χ1n) is 7.13. The molecule has 1 N–H and O–H groups in total. The van der Waals surface area contributed by atoms with Crippen LogP contribution in [0, 0.1) is 6.92 Å². The summed E-state index contributed by atoms with van der Waals surface area (Å²) < 4.78 is 5.63. The smallest absolute Gasteiger partial charge is 0.193 e. The Balaban J connectivity index is 0.00000220. The van der Waals surface area contributed by atoms with Crippen molar-refractivity contribution in [3.63, 3.8) is 0 Å². The second-order valence-electron chi connectivity index (χ2n) is 5.11. The van der Waals surface area contributed by atoms with Gasteiger partial charge in [-0.05, 0) is 26.2 Å². The van der Waals surface area contributed by atoms with E-state index in [1.54, 1.807) is 11.3 Å². The molecule has 5 nitrogen and oxygen atoms in total. The molecule has 1 aromatic rings. The Morgan fingerprint density at radius 2 is 2.43 bits per heavy atom. The maximum atomic E-state index is 5.63. The van der Waals surface area contributed by atoms with E-state index in [1.807, 2.05) is 21.0 Å². The van der Waals surface area contributed by atoms with E-state index in [0.717, 1.165) is 42.8 Å². The highest BCUT2D eigenvalue weighted by Crippen LogP contribution is 2.14. The summed E-state index contributed by atoms with van der Waals surface area (Å²) in [6, 6.07) is 0. The minimum Gasteiger partial charge on any atom is -0.378 e. The van der Waals surface area contributed by atoms with Crippen molar-refractivity contribution in [3.05, 3.63) is 16.1 Å². The van der Waals surface area contributed by atoms with Crippen LogP contribution in [-0.2, 0) is 11.3 Å². The van der Waals surface area contributed by atoms with Crippen molar-refractivity contribution >= 4 is 41.3 Å². The summed E-state index contributed by atoms with van der Waals surface area (Å²) >= 11 is 1.69. The van der Waals surface area contributed by atoms with Gasteiger partial charge in [-0.3, -0.25) is 4.99 Å². The van der Waals surface area contributed by atoms with Gasteiger partial charge in [0, 0.05) is 32.6 Å². The zero-order valence-corrected chi connectivity index (χ0v) is 16.1. The molecule has 1 unspecified atom stereocenters. The Morgan fingerprint density at radius 3 is 3.00 bits per heavy atom. The summed E-state index contributed by atoms with van der Waals surface area (Å²) in [5.74, 6) is 0.911. The molecule has 0 amide bonds. The van der Waals surface area contributed by atoms with Gasteiger partial charge in [0.1, 0.15) is 0 Å². The van der Waals surface area contributed by atoms with E-state index in [9.17, 15) is 0 Å². The molecule has 2 rings (SSSR count). The van der Waals surface area contributed by atoms with Crippen LogP contribution >= 0.6 is 35.3 Å². The lowest BCUT2D eigenvalue weighted by Gasteiger charge is -2.21. The lowest BCUT2D eigenvalue weighted by molar-refractivity contribution is 0.105. The van der Waals surface area contributed by atoms with Gasteiger partial charge in [0.05, 0.1) is 23.4 Å². The van der Waals surface area contributed by atoms with Crippen molar-refractivity contribution in [1.82, 2.24) is 15.2 Å². The first kappa shape index (κ1) is 18.6. The highest BCUT2D eigenvalue weighted by atomic mass is 127. The van der Waals surface area contributed by atoms with Crippen LogP contribution in [0.2, 0.25) is 0 Å². The normalized spacial score (nSPS) is 18.4. The molecule has 0 aromatic carbocycles. The number of rotatable bonds is 5. The predicted octanol–water partition coefficient (Wildman–Crippen LogP) is 2.65. The molecule has 1 saturated heterocycles. The van der Waals surface area contributed by atoms with E-state index < -0.39 is 0 Å². The Kier molecular flexibility index (Phi) is 8.50. The van der Waals surface area contributed by atoms with Crippen molar-refractivity contribution in [2.75, 3.05) is 27.2 Å². The molecule has 0 aliphatic carbocycles. The van der Waals surface area contributed by atoms with Crippen LogP contribution in [0.25, 0.3) is 0 Å². The second-order valence-corrected chi connectivity index (χ2v) is 6.17. The largest absolute Gasteiger partial charge is 0.378 e. The summed E-state index contributed by atoms with van der Waals surface area (Å²) in [5, 5.41) is 6.60. The number of aliphatic imine (C=N–C) groups is 1. The van der Waals surface area contributed by atoms with Crippen molar-refractivity contribution < 1.29 is 4.74 Å². The number of guanidine groups is 1. The van der Waals surface area contributed by atoms with Crippen molar-refractivity contribution in [3.8, 4) is 0 Å². The van der Waals surface area contributed by atoms with Crippen LogP contribution in [0.15, 0.2) is 10.4 Å². The molecule has 120 valence electrons. The zero-order valence-electron chi connectivity index (χ0n) is 13.0. The molecule has 21 heavy (non-hydrogen) atoms. The van der Waals surface area contributed by atoms with E-state index in [4.69, 9.17) is 4.74 Å². The quantitative estimate of drug-likeness (QED) is 0.449. The summed E-state index contributed by atoms with van der Waals surface area (Å²) in [5.41, 5.74) is 1.09. The number of hydrogen-bond donors (Lipinski definition) is 1. The predicted molar refractivity (Wildman–Crippen MR) is 98.7 cm³/mol. The molecule has 0 bridgehead atoms. The average Bonchev–Trinajstić information content (AvgIpc) is 3.06. The molecular formula is C14H25IN4OS. The van der Waals surface area contributed by atoms with Crippen LogP contribution in [0.4, 0.5) is 0 Å². The molecule has 1 fully saturated rings. The summed E-state index contributed by atoms with van der Waals surface area (Å²) in [6.45, 7) is 4.63. The van der Waals surface area contributed by atoms with Crippen LogP contribution in [0.3, 0.4) is 0 Å². The number of nitrogens with one attached hydrogen (secondary N) is 1. The lowest BCUT2D eigenvalue weighted by atomic mass is 10.2. The Labute approximate surface area is 148 Å². The number of nitrogens with zero attached hydrogens (tertiary/aromatic N) is 3. The van der Waals surface area contributed by atoms with Crippen molar-refractivity contribution in [2.45, 2.75) is 38.8 Å². The second kappa shape index (κ2) is 9.58. The van der Waals surface area contributed by atoms with E-state index in [0.29, 0.717) is 6.10 Å². The maximum absolute atomic E-state index is 5.63. The van der Waals surface area contributed by atoms with E-state index in [1.165, 1.54) is 12.8 Å². The minimum absolute atomic E-state index is 0. The minimum atomic E-state index is 0. The molecule has 1 aliphatic rings. The fraction of sp³-hybridized carbons (Fsp3) is 0.714. The maximum Gasteiger partial charge on any atom is 0.193 e. The molecular weight excluding hydrogens is 399 g/mol. The average molecular weight is 424 g/mol. The van der Waals surface area contributed by atoms with Gasteiger partial charge < -0.3 is 15.0 Å². The number of aromatic nitrogens is 1. The van der Waals surface area contributed by atoms with E-state index in [-0.39, 0.29) is 24.0 Å². The number of ether oxygens (including phenoxy) is 1. The standard InChI is InChI=1S/C14H24N4OS.HI/c1-11-17-12(10-20-11)9-18(3)14(15-2)16-7-6-13-5-4-8-19-13;/h10,13H,4-9H2,1-3H3,(H,15,16);1H. The van der Waals surface area contributed by atoms with E-state index >= 15 is 0 Å². The van der Waals surface area contributed by atoms with Crippen LogP contribution in [-0.4, -0.2) is 49.2 Å². The zero-order chi connectivity index (χ0) is 14.4. The highest BCUT2D eigenvalue weighted by Gasteiger charge is 2.15. The number of aryl methyl sites for hydroxylation is 1. The Hall–Kier alpha value is -0.410. The van der Waals surface area contributed by atoms with E-state index in [2.05, 4.69) is 25.6 Å².